The molecule has 1 aliphatic heterocycles. The van der Waals surface area contributed by atoms with Crippen molar-refractivity contribution < 1.29 is 9.53 Å². The molecule has 1 amide bonds. The fourth-order valence-corrected chi connectivity index (χ4v) is 3.11. The number of piperidine rings is 1. The third-order valence-corrected chi connectivity index (χ3v) is 3.87. The Hall–Kier alpha value is -1.49. The van der Waals surface area contributed by atoms with Crippen molar-refractivity contribution in [3.63, 3.8) is 0 Å². The minimum atomic E-state index is 0.0501. The molecule has 5 nitrogen and oxygen atoms in total. The molecule has 3 unspecified atom stereocenters. The Labute approximate surface area is 99.8 Å². The van der Waals surface area contributed by atoms with Crippen molar-refractivity contribution in [3.05, 3.63) is 24.0 Å². The Bertz CT molecular complexity index is 423. The van der Waals surface area contributed by atoms with Crippen LogP contribution >= 0.6 is 0 Å². The molecule has 2 bridgehead atoms. The summed E-state index contributed by atoms with van der Waals surface area (Å²) in [5.41, 5.74) is 0.613. The van der Waals surface area contributed by atoms with E-state index in [4.69, 9.17) is 4.74 Å². The van der Waals surface area contributed by atoms with E-state index in [0.29, 0.717) is 11.5 Å². The molecule has 2 aliphatic rings. The summed E-state index contributed by atoms with van der Waals surface area (Å²) in [7, 11) is 1.73. The summed E-state index contributed by atoms with van der Waals surface area (Å²) < 4.78 is 5.49. The van der Waals surface area contributed by atoms with Gasteiger partial charge >= 0.3 is 0 Å². The van der Waals surface area contributed by atoms with Crippen LogP contribution in [0.3, 0.4) is 0 Å². The standard InChI is InChI=1S/C12H15N3O2/c1-17-11-9-2-3-10(11)15(7-9)12(16)8-4-5-13-14-6-8/h4-6,9-11H,2-3,7H2,1H3. The lowest BCUT2D eigenvalue weighted by molar-refractivity contribution is 0.0545. The van der Waals surface area contributed by atoms with Gasteiger partial charge in [0.05, 0.1) is 30.1 Å². The summed E-state index contributed by atoms with van der Waals surface area (Å²) in [5.74, 6) is 0.554. The SMILES string of the molecule is COC1C2CCC1N(C(=O)c1ccnnc1)C2. The molecule has 1 aromatic heterocycles. The number of rotatable bonds is 2. The molecule has 2 fully saturated rings. The third kappa shape index (κ3) is 1.61. The van der Waals surface area contributed by atoms with Crippen molar-refractivity contribution >= 4 is 5.91 Å². The number of nitrogens with zero attached hydrogens (tertiary/aromatic N) is 3. The molecule has 17 heavy (non-hydrogen) atoms. The summed E-state index contributed by atoms with van der Waals surface area (Å²) in [6.07, 6.45) is 5.51. The number of hydrogen-bond acceptors (Lipinski definition) is 4. The molecule has 5 heteroatoms. The van der Waals surface area contributed by atoms with Crippen LogP contribution in [0.25, 0.3) is 0 Å². The second kappa shape index (κ2) is 4.07. The van der Waals surface area contributed by atoms with Gasteiger partial charge in [0.2, 0.25) is 0 Å². The van der Waals surface area contributed by atoms with Crippen LogP contribution in [0.15, 0.2) is 18.5 Å². The molecule has 90 valence electrons. The molecular formula is C12H15N3O2. The molecule has 2 heterocycles. The van der Waals surface area contributed by atoms with Crippen LogP contribution in [0.2, 0.25) is 0 Å². The predicted octanol–water partition coefficient (Wildman–Crippen LogP) is 0.726. The number of methoxy groups -OCH3 is 1. The van der Waals surface area contributed by atoms with E-state index in [2.05, 4.69) is 10.2 Å². The van der Waals surface area contributed by atoms with Crippen LogP contribution in [-0.2, 0) is 4.74 Å². The van der Waals surface area contributed by atoms with E-state index in [1.807, 2.05) is 4.90 Å². The van der Waals surface area contributed by atoms with Crippen molar-refractivity contribution in [1.29, 1.82) is 0 Å². The van der Waals surface area contributed by atoms with Crippen LogP contribution in [-0.4, -0.2) is 46.8 Å². The minimum absolute atomic E-state index is 0.0501. The number of carbonyl (C=O) groups excluding carboxylic acids is 1. The molecule has 0 N–H and O–H groups in total. The molecule has 1 aromatic rings. The van der Waals surface area contributed by atoms with Crippen molar-refractivity contribution in [1.82, 2.24) is 15.1 Å². The summed E-state index contributed by atoms with van der Waals surface area (Å²) in [6.45, 7) is 0.810. The zero-order chi connectivity index (χ0) is 11.8. The fraction of sp³-hybridized carbons (Fsp3) is 0.583. The first-order valence-corrected chi connectivity index (χ1v) is 5.91. The topological polar surface area (TPSA) is 55.3 Å². The summed E-state index contributed by atoms with van der Waals surface area (Å²) in [4.78, 5) is 14.2. The van der Waals surface area contributed by atoms with Crippen molar-refractivity contribution in [2.45, 2.75) is 25.0 Å². The van der Waals surface area contributed by atoms with Gasteiger partial charge in [0.1, 0.15) is 0 Å². The van der Waals surface area contributed by atoms with E-state index in [1.54, 1.807) is 19.4 Å². The molecule has 0 spiro atoms. The highest BCUT2D eigenvalue weighted by molar-refractivity contribution is 5.94. The van der Waals surface area contributed by atoms with E-state index in [1.165, 1.54) is 12.6 Å². The van der Waals surface area contributed by atoms with Gasteiger partial charge in [-0.25, -0.2) is 0 Å². The first-order valence-electron chi connectivity index (χ1n) is 5.91. The average Bonchev–Trinajstić information content (AvgIpc) is 2.95. The van der Waals surface area contributed by atoms with E-state index in [9.17, 15) is 4.79 Å². The lowest BCUT2D eigenvalue weighted by atomic mass is 10.1. The summed E-state index contributed by atoms with van der Waals surface area (Å²) in [5, 5.41) is 7.44. The van der Waals surface area contributed by atoms with Crippen LogP contribution < -0.4 is 0 Å². The number of likely N-dealkylation sites (tertiary alicyclic amines) is 1. The highest BCUT2D eigenvalue weighted by Gasteiger charge is 2.49. The highest BCUT2D eigenvalue weighted by atomic mass is 16.5. The maximum absolute atomic E-state index is 12.3. The Morgan fingerprint density at radius 3 is 3.00 bits per heavy atom. The largest absolute Gasteiger partial charge is 0.379 e. The quantitative estimate of drug-likeness (QED) is 0.755. The molecular weight excluding hydrogens is 218 g/mol. The lowest BCUT2D eigenvalue weighted by Crippen LogP contribution is -2.39. The normalized spacial score (nSPS) is 30.9. The smallest absolute Gasteiger partial charge is 0.255 e. The molecule has 3 rings (SSSR count). The maximum Gasteiger partial charge on any atom is 0.255 e. The number of fused-ring (bicyclic) bond motifs is 2. The van der Waals surface area contributed by atoms with Crippen molar-refractivity contribution in [2.24, 2.45) is 5.92 Å². The second-order valence-corrected chi connectivity index (χ2v) is 4.69. The second-order valence-electron chi connectivity index (χ2n) is 4.69. The van der Waals surface area contributed by atoms with Gasteiger partial charge in [0, 0.05) is 19.6 Å². The molecule has 1 saturated carbocycles. The van der Waals surface area contributed by atoms with Gasteiger partial charge in [-0.15, -0.1) is 0 Å². The van der Waals surface area contributed by atoms with Gasteiger partial charge in [-0.3, -0.25) is 4.79 Å². The molecule has 3 atom stereocenters. The molecule has 0 radical (unpaired) electrons. The predicted molar refractivity (Wildman–Crippen MR) is 60.4 cm³/mol. The fourth-order valence-electron chi connectivity index (χ4n) is 3.11. The number of carbonyl (C=O) groups is 1. The van der Waals surface area contributed by atoms with Gasteiger partial charge < -0.3 is 9.64 Å². The van der Waals surface area contributed by atoms with Gasteiger partial charge in [-0.2, -0.15) is 10.2 Å². The Balaban J connectivity index is 1.81. The van der Waals surface area contributed by atoms with Crippen molar-refractivity contribution in [3.8, 4) is 0 Å². The minimum Gasteiger partial charge on any atom is -0.379 e. The lowest BCUT2D eigenvalue weighted by Gasteiger charge is -2.27. The molecule has 0 aromatic carbocycles. The van der Waals surface area contributed by atoms with Gasteiger partial charge in [0.15, 0.2) is 0 Å². The van der Waals surface area contributed by atoms with E-state index in [0.717, 1.165) is 13.0 Å². The molecule has 1 aliphatic carbocycles. The summed E-state index contributed by atoms with van der Waals surface area (Å²) >= 11 is 0. The Morgan fingerprint density at radius 1 is 1.47 bits per heavy atom. The first-order chi connectivity index (χ1) is 8.31. The highest BCUT2D eigenvalue weighted by Crippen LogP contribution is 2.40. The number of amides is 1. The van der Waals surface area contributed by atoms with E-state index in [-0.39, 0.29) is 18.1 Å². The average molecular weight is 233 g/mol. The van der Waals surface area contributed by atoms with Gasteiger partial charge in [-0.05, 0) is 18.9 Å². The van der Waals surface area contributed by atoms with Crippen LogP contribution in [0.1, 0.15) is 23.2 Å². The van der Waals surface area contributed by atoms with Crippen LogP contribution in [0, 0.1) is 5.92 Å². The monoisotopic (exact) mass is 233 g/mol. The zero-order valence-corrected chi connectivity index (χ0v) is 9.74. The summed E-state index contributed by atoms with van der Waals surface area (Å²) in [6, 6.07) is 1.95. The van der Waals surface area contributed by atoms with E-state index < -0.39 is 0 Å². The Kier molecular flexibility index (Phi) is 2.55. The van der Waals surface area contributed by atoms with E-state index >= 15 is 0 Å². The zero-order valence-electron chi connectivity index (χ0n) is 9.74. The molecule has 1 saturated heterocycles. The van der Waals surface area contributed by atoms with Gasteiger partial charge in [0.25, 0.3) is 5.91 Å². The van der Waals surface area contributed by atoms with Crippen LogP contribution in [0.5, 0.6) is 0 Å². The Morgan fingerprint density at radius 2 is 2.35 bits per heavy atom. The van der Waals surface area contributed by atoms with Crippen molar-refractivity contribution in [2.75, 3.05) is 13.7 Å². The van der Waals surface area contributed by atoms with Gasteiger partial charge in [-0.1, -0.05) is 0 Å². The third-order valence-electron chi connectivity index (χ3n) is 3.87. The van der Waals surface area contributed by atoms with Crippen LogP contribution in [0.4, 0.5) is 0 Å². The number of hydrogen-bond donors (Lipinski definition) is 0. The number of aromatic nitrogens is 2. The number of ether oxygens (including phenoxy) is 1. The first kappa shape index (κ1) is 10.7. The maximum atomic E-state index is 12.3.